The van der Waals surface area contributed by atoms with Gasteiger partial charge in [0, 0.05) is 30.4 Å². The van der Waals surface area contributed by atoms with Gasteiger partial charge < -0.3 is 15.1 Å². The van der Waals surface area contributed by atoms with E-state index in [1.54, 1.807) is 30.3 Å². The minimum atomic E-state index is -0.427. The number of halogens is 4. The smallest absolute Gasteiger partial charge is 0.227 e. The SMILES string of the molecule is C=C1CC2(CCN(CCC(C(=O)NCc3ccc(F)cc3)c3ccc(Cl)c(Cl)c3)CC2)c2cc(F)ccc2N1C. The fourth-order valence-electron chi connectivity index (χ4n) is 6.06. The number of piperidine rings is 1. The maximum absolute atomic E-state index is 14.3. The Hall–Kier alpha value is -2.93. The molecular formula is C32H33Cl2F2N3O. The van der Waals surface area contributed by atoms with Crippen LogP contribution in [0.3, 0.4) is 0 Å². The van der Waals surface area contributed by atoms with Gasteiger partial charge in [-0.25, -0.2) is 8.78 Å². The Labute approximate surface area is 244 Å². The number of fused-ring (bicyclic) bond motifs is 2. The molecule has 1 N–H and O–H groups in total. The molecule has 0 saturated carbocycles. The highest BCUT2D eigenvalue weighted by molar-refractivity contribution is 6.42. The fourth-order valence-corrected chi connectivity index (χ4v) is 6.36. The Morgan fingerprint density at radius 3 is 2.40 bits per heavy atom. The second-order valence-corrected chi connectivity index (χ2v) is 11.8. The van der Waals surface area contributed by atoms with Gasteiger partial charge in [-0.1, -0.05) is 48.0 Å². The minimum absolute atomic E-state index is 0.118. The van der Waals surface area contributed by atoms with Gasteiger partial charge in [0.15, 0.2) is 0 Å². The molecule has 1 spiro atoms. The summed E-state index contributed by atoms with van der Waals surface area (Å²) in [4.78, 5) is 17.8. The molecule has 40 heavy (non-hydrogen) atoms. The number of carbonyl (C=O) groups excluding carboxylic acids is 1. The van der Waals surface area contributed by atoms with E-state index in [4.69, 9.17) is 23.2 Å². The number of benzene rings is 3. The molecule has 1 amide bonds. The molecule has 1 saturated heterocycles. The van der Waals surface area contributed by atoms with Crippen LogP contribution < -0.4 is 10.2 Å². The summed E-state index contributed by atoms with van der Waals surface area (Å²) in [5.74, 6) is -1.07. The summed E-state index contributed by atoms with van der Waals surface area (Å²) in [7, 11) is 1.99. The largest absolute Gasteiger partial charge is 0.351 e. The Morgan fingerprint density at radius 1 is 1.00 bits per heavy atom. The third-order valence-electron chi connectivity index (χ3n) is 8.50. The lowest BCUT2D eigenvalue weighted by atomic mass is 9.67. The molecule has 1 fully saturated rings. The number of carbonyl (C=O) groups is 1. The molecule has 2 heterocycles. The normalized spacial score (nSPS) is 17.5. The molecule has 8 heteroatoms. The highest BCUT2D eigenvalue weighted by Crippen LogP contribution is 2.49. The van der Waals surface area contributed by atoms with Crippen molar-refractivity contribution < 1.29 is 13.6 Å². The van der Waals surface area contributed by atoms with E-state index in [-0.39, 0.29) is 23.0 Å². The van der Waals surface area contributed by atoms with E-state index >= 15 is 0 Å². The van der Waals surface area contributed by atoms with Crippen LogP contribution in [0, 0.1) is 11.6 Å². The lowest BCUT2D eigenvalue weighted by molar-refractivity contribution is -0.123. The zero-order valence-corrected chi connectivity index (χ0v) is 24.0. The molecule has 0 aromatic heterocycles. The van der Waals surface area contributed by atoms with Crippen molar-refractivity contribution in [2.45, 2.75) is 43.6 Å². The number of rotatable bonds is 7. The van der Waals surface area contributed by atoms with Crippen molar-refractivity contribution in [2.75, 3.05) is 31.6 Å². The minimum Gasteiger partial charge on any atom is -0.351 e. The van der Waals surface area contributed by atoms with Crippen LogP contribution in [0.1, 0.15) is 48.3 Å². The van der Waals surface area contributed by atoms with E-state index in [0.717, 1.165) is 67.0 Å². The predicted molar refractivity (Wildman–Crippen MR) is 158 cm³/mol. The van der Waals surface area contributed by atoms with Crippen molar-refractivity contribution in [1.29, 1.82) is 0 Å². The molecule has 3 aromatic rings. The van der Waals surface area contributed by atoms with Crippen LogP contribution >= 0.6 is 23.2 Å². The summed E-state index contributed by atoms with van der Waals surface area (Å²) >= 11 is 12.5. The molecule has 210 valence electrons. The molecule has 0 aliphatic carbocycles. The molecule has 0 radical (unpaired) electrons. The average Bonchev–Trinajstić information content (AvgIpc) is 2.94. The number of allylic oxidation sites excluding steroid dienone is 1. The molecular weight excluding hydrogens is 551 g/mol. The van der Waals surface area contributed by atoms with Gasteiger partial charge in [0.05, 0.1) is 16.0 Å². The van der Waals surface area contributed by atoms with Gasteiger partial charge >= 0.3 is 0 Å². The van der Waals surface area contributed by atoms with Crippen LogP contribution in [0.25, 0.3) is 0 Å². The number of hydrogen-bond acceptors (Lipinski definition) is 3. The van der Waals surface area contributed by atoms with Crippen molar-refractivity contribution in [2.24, 2.45) is 0 Å². The third-order valence-corrected chi connectivity index (χ3v) is 9.24. The van der Waals surface area contributed by atoms with E-state index in [9.17, 15) is 13.6 Å². The number of likely N-dealkylation sites (tertiary alicyclic amines) is 1. The lowest BCUT2D eigenvalue weighted by Gasteiger charge is -2.48. The first-order valence-electron chi connectivity index (χ1n) is 13.6. The Kier molecular flexibility index (Phi) is 8.50. The first kappa shape index (κ1) is 28.6. The second-order valence-electron chi connectivity index (χ2n) is 10.9. The lowest BCUT2D eigenvalue weighted by Crippen LogP contribution is -2.47. The van der Waals surface area contributed by atoms with Gasteiger partial charge in [0.2, 0.25) is 5.91 Å². The van der Waals surface area contributed by atoms with Crippen molar-refractivity contribution in [1.82, 2.24) is 10.2 Å². The summed E-state index contributed by atoms with van der Waals surface area (Å²) in [5.41, 5.74) is 4.63. The highest BCUT2D eigenvalue weighted by Gasteiger charge is 2.42. The summed E-state index contributed by atoms with van der Waals surface area (Å²) in [6, 6.07) is 16.5. The number of nitrogens with one attached hydrogen (secondary N) is 1. The van der Waals surface area contributed by atoms with Crippen molar-refractivity contribution >= 4 is 34.8 Å². The van der Waals surface area contributed by atoms with Gasteiger partial charge in [-0.05, 0) is 104 Å². The van der Waals surface area contributed by atoms with Crippen molar-refractivity contribution in [3.8, 4) is 0 Å². The van der Waals surface area contributed by atoms with Crippen LogP contribution in [-0.2, 0) is 16.8 Å². The second kappa shape index (κ2) is 11.9. The van der Waals surface area contributed by atoms with E-state index in [2.05, 4.69) is 21.7 Å². The molecule has 2 aliphatic heterocycles. The molecule has 3 aromatic carbocycles. The van der Waals surface area contributed by atoms with E-state index < -0.39 is 5.92 Å². The average molecular weight is 585 g/mol. The highest BCUT2D eigenvalue weighted by atomic mass is 35.5. The van der Waals surface area contributed by atoms with Crippen LogP contribution in [0.4, 0.5) is 14.5 Å². The number of anilines is 1. The standard InChI is InChI=1S/C32H33Cl2F2N3O/c1-21-19-32(27-18-25(36)8-10-30(27)38(21)2)12-15-39(16-13-32)14-11-26(23-5-9-28(33)29(34)17-23)31(40)37-20-22-3-6-24(35)7-4-22/h3-10,17-18,26H,1,11-16,19-20H2,2H3,(H,37,40). The molecule has 2 aliphatic rings. The molecule has 0 bridgehead atoms. The van der Waals surface area contributed by atoms with Crippen molar-refractivity contribution in [3.05, 3.63) is 111 Å². The Morgan fingerprint density at radius 2 is 1.70 bits per heavy atom. The fraction of sp³-hybridized carbons (Fsp3) is 0.344. The zero-order chi connectivity index (χ0) is 28.4. The van der Waals surface area contributed by atoms with Gasteiger partial charge in [0.25, 0.3) is 0 Å². The zero-order valence-electron chi connectivity index (χ0n) is 22.5. The van der Waals surface area contributed by atoms with Crippen molar-refractivity contribution in [3.63, 3.8) is 0 Å². The first-order valence-corrected chi connectivity index (χ1v) is 14.3. The first-order chi connectivity index (χ1) is 19.1. The van der Waals surface area contributed by atoms with Gasteiger partial charge in [0.1, 0.15) is 11.6 Å². The van der Waals surface area contributed by atoms with E-state index in [1.165, 1.54) is 18.2 Å². The summed E-state index contributed by atoms with van der Waals surface area (Å²) in [6.45, 7) is 7.01. The van der Waals surface area contributed by atoms with Crippen LogP contribution in [-0.4, -0.2) is 37.5 Å². The van der Waals surface area contributed by atoms with Crippen LogP contribution in [0.2, 0.25) is 10.0 Å². The molecule has 5 rings (SSSR count). The summed E-state index contributed by atoms with van der Waals surface area (Å²) in [6.07, 6.45) is 3.20. The molecule has 1 atom stereocenters. The maximum Gasteiger partial charge on any atom is 0.227 e. The number of hydrogen-bond donors (Lipinski definition) is 1. The molecule has 1 unspecified atom stereocenters. The van der Waals surface area contributed by atoms with E-state index in [1.807, 2.05) is 19.2 Å². The topological polar surface area (TPSA) is 35.6 Å². The quantitative estimate of drug-likeness (QED) is 0.314. The predicted octanol–water partition coefficient (Wildman–Crippen LogP) is 7.45. The Balaban J connectivity index is 1.27. The van der Waals surface area contributed by atoms with Gasteiger partial charge in [-0.15, -0.1) is 0 Å². The summed E-state index contributed by atoms with van der Waals surface area (Å²) < 4.78 is 27.6. The molecule has 4 nitrogen and oxygen atoms in total. The number of nitrogens with zero attached hydrogens (tertiary/aromatic N) is 2. The van der Waals surface area contributed by atoms with Crippen LogP contribution in [0.5, 0.6) is 0 Å². The van der Waals surface area contributed by atoms with Gasteiger partial charge in [-0.2, -0.15) is 0 Å². The monoisotopic (exact) mass is 583 g/mol. The number of amides is 1. The Bertz CT molecular complexity index is 1400. The van der Waals surface area contributed by atoms with Crippen LogP contribution in [0.15, 0.2) is 72.9 Å². The maximum atomic E-state index is 14.3. The van der Waals surface area contributed by atoms with E-state index in [0.29, 0.717) is 23.0 Å². The third kappa shape index (κ3) is 6.04. The van der Waals surface area contributed by atoms with Gasteiger partial charge in [-0.3, -0.25) is 4.79 Å². The summed E-state index contributed by atoms with van der Waals surface area (Å²) in [5, 5.41) is 3.85.